The van der Waals surface area contributed by atoms with E-state index >= 15 is 0 Å². The Labute approximate surface area is 309 Å². The minimum Gasteiger partial charge on any atom is -0.336 e. The van der Waals surface area contributed by atoms with Crippen LogP contribution in [0.3, 0.4) is 0 Å². The van der Waals surface area contributed by atoms with Gasteiger partial charge in [-0.25, -0.2) is 4.39 Å². The van der Waals surface area contributed by atoms with Crippen molar-refractivity contribution in [1.29, 1.82) is 0 Å². The van der Waals surface area contributed by atoms with Crippen molar-refractivity contribution in [2.45, 2.75) is 63.6 Å². The molecular weight excluding hydrogens is 640 g/mol. The van der Waals surface area contributed by atoms with Crippen LogP contribution in [0.15, 0.2) is 82.6 Å². The van der Waals surface area contributed by atoms with Gasteiger partial charge in [0.2, 0.25) is 5.91 Å². The van der Waals surface area contributed by atoms with Gasteiger partial charge in [-0.05, 0) is 78.2 Å². The number of alkyl halides is 3. The molecule has 0 radical (unpaired) electrons. The third-order valence-electron chi connectivity index (χ3n) is 6.72. The summed E-state index contributed by atoms with van der Waals surface area (Å²) in [4.78, 5) is 33.4. The van der Waals surface area contributed by atoms with Crippen molar-refractivity contribution >= 4 is 17.7 Å². The van der Waals surface area contributed by atoms with Crippen molar-refractivity contribution < 1.29 is 48.4 Å². The van der Waals surface area contributed by atoms with Crippen LogP contribution in [0.5, 0.6) is 0 Å². The number of carbonyl (C=O) groups excluding carboxylic acids is 1. The van der Waals surface area contributed by atoms with Crippen molar-refractivity contribution in [1.82, 2.24) is 19.4 Å². The highest BCUT2D eigenvalue weighted by Crippen LogP contribution is 2.32. The van der Waals surface area contributed by atoms with Crippen LogP contribution in [0.2, 0.25) is 0 Å². The monoisotopic (exact) mass is 699 g/mol. The Morgan fingerprint density at radius 2 is 1.65 bits per heavy atom. The second-order valence-electron chi connectivity index (χ2n) is 10.1. The Bertz CT molecular complexity index is 2660. The highest BCUT2D eigenvalue weighted by molar-refractivity contribution is 7.98. The van der Waals surface area contributed by atoms with Gasteiger partial charge in [0.15, 0.2) is 5.16 Å². The van der Waals surface area contributed by atoms with E-state index in [4.69, 9.17) is 23.3 Å². The molecule has 0 fully saturated rings. The van der Waals surface area contributed by atoms with Crippen LogP contribution in [-0.4, -0.2) is 51.3 Å². The molecule has 1 atom stereocenters. The molecule has 0 N–H and O–H groups in total. The van der Waals surface area contributed by atoms with Gasteiger partial charge in [-0.1, -0.05) is 80.9 Å². The standard InChI is InChI=1S/C37H40F4N4O2S/c1-4-43(5-2)18-19-44(22-26-6-10-28(11-7-26)29-12-14-30(15-13-29)37(39,40)41)34(46)23-45-33-21-25(3)20-32(33)35(47)42-36(45)48-24-27-8-16-31(38)17-9-27/h6-17,25H,4-5,18-24H2,1-3H3/i6D,7D,10D,11D,12D,13D,14D,15D,18D2,19D2,20D2,21D2,24D2,25D. The maximum atomic E-state index is 15.0. The summed E-state index contributed by atoms with van der Waals surface area (Å²) in [7, 11) is 0. The maximum absolute atomic E-state index is 15.0. The van der Waals surface area contributed by atoms with Gasteiger partial charge < -0.3 is 14.4 Å². The number of likely N-dealkylation sites (N-methyl/N-ethyl adjacent to an activating group) is 1. The summed E-state index contributed by atoms with van der Waals surface area (Å²) in [6.07, 6.45) is -11.8. The Morgan fingerprint density at radius 1 is 1.02 bits per heavy atom. The van der Waals surface area contributed by atoms with E-state index in [1.807, 2.05) is 0 Å². The molecule has 254 valence electrons. The molecule has 0 aliphatic heterocycles. The van der Waals surface area contributed by atoms with E-state index in [1.54, 1.807) is 0 Å². The number of aromatic nitrogens is 2. The third kappa shape index (κ3) is 8.73. The molecule has 6 nitrogen and oxygen atoms in total. The quantitative estimate of drug-likeness (QED) is 0.0824. The molecule has 0 saturated heterocycles. The Balaban J connectivity index is 1.81. The zero-order valence-electron chi connectivity index (χ0n) is 44.7. The van der Waals surface area contributed by atoms with Gasteiger partial charge in [-0.3, -0.25) is 9.59 Å². The normalized spacial score (nSPS) is 24.6. The summed E-state index contributed by atoms with van der Waals surface area (Å²) in [6.45, 7) is -6.49. The fraction of sp³-hybridized carbons (Fsp3) is 0.378. The van der Waals surface area contributed by atoms with Crippen LogP contribution < -0.4 is 5.56 Å². The van der Waals surface area contributed by atoms with Crippen molar-refractivity contribution in [2.24, 2.45) is 5.89 Å². The van der Waals surface area contributed by atoms with Gasteiger partial charge in [0, 0.05) is 48.8 Å². The Kier molecular flexibility index (Phi) is 5.86. The van der Waals surface area contributed by atoms with Gasteiger partial charge >= 0.3 is 6.18 Å². The zero-order chi connectivity index (χ0) is 51.3. The zero-order valence-corrected chi connectivity index (χ0v) is 26.5. The lowest BCUT2D eigenvalue weighted by Gasteiger charge is -2.28. The van der Waals surface area contributed by atoms with Gasteiger partial charge in [-0.15, -0.1) is 0 Å². The smallest absolute Gasteiger partial charge is 0.336 e. The van der Waals surface area contributed by atoms with Crippen LogP contribution in [0.4, 0.5) is 17.6 Å². The molecule has 1 unspecified atom stereocenters. The average Bonchev–Trinajstić information content (AvgIpc) is 3.31. The summed E-state index contributed by atoms with van der Waals surface area (Å²) in [5.74, 6) is -5.27. The number of amides is 1. The second kappa shape index (κ2) is 15.5. The van der Waals surface area contributed by atoms with E-state index < -0.39 is 161 Å². The van der Waals surface area contributed by atoms with Crippen LogP contribution in [0.25, 0.3) is 11.1 Å². The molecule has 1 aromatic heterocycles. The van der Waals surface area contributed by atoms with E-state index in [-0.39, 0.29) is 35.3 Å². The summed E-state index contributed by atoms with van der Waals surface area (Å²) >= 11 is 0.0465. The lowest BCUT2D eigenvalue weighted by atomic mass is 10.0. The molecule has 0 spiro atoms. The number of fused-ring (bicyclic) bond motifs is 1. The van der Waals surface area contributed by atoms with Gasteiger partial charge in [0.05, 0.1) is 19.3 Å². The highest BCUT2D eigenvalue weighted by atomic mass is 32.2. The molecule has 5 rings (SSSR count). The molecule has 11 heteroatoms. The number of hydrogen-bond acceptors (Lipinski definition) is 5. The lowest BCUT2D eigenvalue weighted by molar-refractivity contribution is -0.137. The van der Waals surface area contributed by atoms with Crippen molar-refractivity contribution in [3.8, 4) is 11.1 Å². The first kappa shape index (κ1) is 18.2. The average molecular weight is 700 g/mol. The number of rotatable bonds is 13. The van der Waals surface area contributed by atoms with Gasteiger partial charge in [-0.2, -0.15) is 18.2 Å². The lowest BCUT2D eigenvalue weighted by Crippen LogP contribution is -2.40. The van der Waals surface area contributed by atoms with Gasteiger partial charge in [0.25, 0.3) is 5.56 Å². The second-order valence-corrected chi connectivity index (χ2v) is 10.8. The molecule has 4 aromatic rings. The molecule has 1 heterocycles. The predicted molar refractivity (Wildman–Crippen MR) is 181 cm³/mol. The molecular formula is C37H40F4N4O2S. The first-order valence-corrected chi connectivity index (χ1v) is 15.2. The molecule has 0 bridgehead atoms. The van der Waals surface area contributed by atoms with E-state index in [1.165, 1.54) is 13.8 Å². The number of thioether (sulfide) groups is 1. The third-order valence-corrected chi connectivity index (χ3v) is 7.56. The Hall–Kier alpha value is -3.96. The van der Waals surface area contributed by atoms with E-state index in [0.717, 1.165) is 36.1 Å². The first-order valence-electron chi connectivity index (χ1n) is 23.8. The Morgan fingerprint density at radius 3 is 2.25 bits per heavy atom. The van der Waals surface area contributed by atoms with Crippen LogP contribution in [0.1, 0.15) is 74.8 Å². The summed E-state index contributed by atoms with van der Waals surface area (Å²) in [5.41, 5.74) is -11.5. The van der Waals surface area contributed by atoms with Crippen LogP contribution >= 0.6 is 11.8 Å². The summed E-state index contributed by atoms with van der Waals surface area (Å²) < 4.78 is 222. The molecule has 1 aliphatic carbocycles. The fourth-order valence-corrected chi connectivity index (χ4v) is 4.96. The maximum Gasteiger partial charge on any atom is 0.416 e. The molecule has 1 amide bonds. The highest BCUT2D eigenvalue weighted by Gasteiger charge is 2.30. The predicted octanol–water partition coefficient (Wildman–Crippen LogP) is 7.47. The van der Waals surface area contributed by atoms with Crippen molar-refractivity contribution in [3.63, 3.8) is 0 Å². The van der Waals surface area contributed by atoms with E-state index in [9.17, 15) is 29.9 Å². The van der Waals surface area contributed by atoms with Gasteiger partial charge in [0.1, 0.15) is 12.4 Å². The number of carbonyl (C=O) groups is 1. The number of benzene rings is 3. The molecule has 0 saturated carbocycles. The SMILES string of the molecule is [2H]c1c([2H])c(-c2c([2H])c([2H])c(C(F)(F)F)c([2H])c2[2H])c([2H])c([2H])c1CN(C(=O)Cn1c(SC([2H])([2H])c2ccc(F)cc2)nc(=O)c2c1C([2H])([2H])C([2H])(C)C2([2H])[2H])C([2H])([2H])C([2H])([2H])N(CC)CC. The number of hydrogen-bond donors (Lipinski definition) is 0. The van der Waals surface area contributed by atoms with E-state index in [0.29, 0.717) is 4.57 Å². The van der Waals surface area contributed by atoms with Crippen molar-refractivity contribution in [3.05, 3.63) is 117 Å². The van der Waals surface area contributed by atoms with E-state index in [2.05, 4.69) is 4.98 Å². The molecule has 3 aromatic carbocycles. The molecule has 1 aliphatic rings. The van der Waals surface area contributed by atoms with Crippen molar-refractivity contribution in [2.75, 3.05) is 26.1 Å². The topological polar surface area (TPSA) is 58.4 Å². The molecule has 48 heavy (non-hydrogen) atoms. The minimum absolute atomic E-state index is 0.0465. The minimum atomic E-state index is -5.39. The largest absolute Gasteiger partial charge is 0.416 e. The van der Waals surface area contributed by atoms with Crippen LogP contribution in [0, 0.1) is 11.7 Å². The number of nitrogens with zero attached hydrogens (tertiary/aromatic N) is 4. The summed E-state index contributed by atoms with van der Waals surface area (Å²) in [6, 6.07) is -6.97. The number of halogens is 4. The first-order chi connectivity index (χ1) is 30.4. The summed E-state index contributed by atoms with van der Waals surface area (Å²) in [5, 5.41) is -0.860. The van der Waals surface area contributed by atoms with Crippen LogP contribution in [-0.2, 0) is 42.5 Å². The fourth-order valence-electron chi connectivity index (χ4n) is 4.22.